The molecule has 2 atom stereocenters. The van der Waals surface area contributed by atoms with E-state index >= 15 is 0 Å². The first-order valence-electron chi connectivity index (χ1n) is 7.32. The van der Waals surface area contributed by atoms with Crippen LogP contribution in [-0.2, 0) is 9.59 Å². The van der Waals surface area contributed by atoms with Crippen molar-refractivity contribution < 1.29 is 14.7 Å². The Morgan fingerprint density at radius 1 is 1.38 bits per heavy atom. The highest BCUT2D eigenvalue weighted by molar-refractivity contribution is 5.79. The van der Waals surface area contributed by atoms with Crippen LogP contribution in [0.15, 0.2) is 30.3 Å². The van der Waals surface area contributed by atoms with Crippen LogP contribution >= 0.6 is 0 Å². The number of nitrogens with one attached hydrogen (secondary N) is 1. The van der Waals surface area contributed by atoms with Gasteiger partial charge in [-0.1, -0.05) is 30.3 Å². The number of carboxylic acids is 1. The quantitative estimate of drug-likeness (QED) is 0.836. The molecule has 0 saturated carbocycles. The summed E-state index contributed by atoms with van der Waals surface area (Å²) in [6, 6.07) is 9.32. The van der Waals surface area contributed by atoms with Crippen LogP contribution in [0, 0.1) is 5.92 Å². The van der Waals surface area contributed by atoms with Crippen molar-refractivity contribution in [2.75, 3.05) is 20.1 Å². The fraction of sp³-hybridized carbons (Fsp3) is 0.500. The molecule has 1 aliphatic rings. The zero-order chi connectivity index (χ0) is 15.2. The van der Waals surface area contributed by atoms with Gasteiger partial charge in [-0.25, -0.2) is 0 Å². The molecule has 2 unspecified atom stereocenters. The fourth-order valence-electron chi connectivity index (χ4n) is 2.71. The Morgan fingerprint density at radius 3 is 2.67 bits per heavy atom. The van der Waals surface area contributed by atoms with Crippen LogP contribution in [-0.4, -0.2) is 42.0 Å². The molecule has 5 nitrogen and oxygen atoms in total. The summed E-state index contributed by atoms with van der Waals surface area (Å²) in [5.74, 6) is -0.810. The average Bonchev–Trinajstić information content (AvgIpc) is 2.90. The monoisotopic (exact) mass is 290 g/mol. The molecule has 1 aromatic rings. The number of carbonyl (C=O) groups is 2. The maximum Gasteiger partial charge on any atom is 0.303 e. The Labute approximate surface area is 125 Å². The van der Waals surface area contributed by atoms with E-state index in [-0.39, 0.29) is 24.3 Å². The van der Waals surface area contributed by atoms with Crippen LogP contribution in [0.3, 0.4) is 0 Å². The molecule has 1 aliphatic heterocycles. The number of aliphatic carboxylic acids is 1. The molecule has 1 saturated heterocycles. The number of amides is 1. The van der Waals surface area contributed by atoms with Gasteiger partial charge in [-0.05, 0) is 32.0 Å². The summed E-state index contributed by atoms with van der Waals surface area (Å²) in [5.41, 5.74) is 0.957. The summed E-state index contributed by atoms with van der Waals surface area (Å²) >= 11 is 0. The SMILES string of the molecule is CN1CCC(C(=O)NC(CCC(=O)O)c2ccccc2)C1. The number of carboxylic acid groups (broad SMARTS) is 1. The standard InChI is InChI=1S/C16H22N2O3/c1-18-10-9-13(11-18)16(21)17-14(7-8-15(19)20)12-5-3-2-4-6-12/h2-6,13-14H,7-11H2,1H3,(H,17,21)(H,19,20). The Bertz CT molecular complexity index is 490. The summed E-state index contributed by atoms with van der Waals surface area (Å²) in [4.78, 5) is 25.3. The van der Waals surface area contributed by atoms with Crippen LogP contribution in [0.1, 0.15) is 30.9 Å². The number of hydrogen-bond acceptors (Lipinski definition) is 3. The van der Waals surface area contributed by atoms with Gasteiger partial charge in [-0.15, -0.1) is 0 Å². The zero-order valence-electron chi connectivity index (χ0n) is 12.3. The molecule has 1 heterocycles. The largest absolute Gasteiger partial charge is 0.481 e. The molecular weight excluding hydrogens is 268 g/mol. The van der Waals surface area contributed by atoms with E-state index in [1.165, 1.54) is 0 Å². The lowest BCUT2D eigenvalue weighted by Crippen LogP contribution is -2.35. The molecular formula is C16H22N2O3. The van der Waals surface area contributed by atoms with Gasteiger partial charge in [0.15, 0.2) is 0 Å². The number of likely N-dealkylation sites (tertiary alicyclic amines) is 1. The molecule has 0 radical (unpaired) electrons. The summed E-state index contributed by atoms with van der Waals surface area (Å²) in [6.07, 6.45) is 1.32. The van der Waals surface area contributed by atoms with Crippen molar-refractivity contribution in [2.24, 2.45) is 5.92 Å². The Kier molecular flexibility index (Phi) is 5.33. The molecule has 1 amide bonds. The lowest BCUT2D eigenvalue weighted by Gasteiger charge is -2.21. The van der Waals surface area contributed by atoms with Crippen molar-refractivity contribution in [2.45, 2.75) is 25.3 Å². The van der Waals surface area contributed by atoms with Crippen LogP contribution in [0.4, 0.5) is 0 Å². The second-order valence-corrected chi connectivity index (χ2v) is 5.65. The van der Waals surface area contributed by atoms with E-state index in [1.807, 2.05) is 37.4 Å². The molecule has 1 fully saturated rings. The van der Waals surface area contributed by atoms with Crippen molar-refractivity contribution >= 4 is 11.9 Å². The van der Waals surface area contributed by atoms with Crippen molar-refractivity contribution in [3.63, 3.8) is 0 Å². The zero-order valence-corrected chi connectivity index (χ0v) is 12.3. The van der Waals surface area contributed by atoms with Crippen LogP contribution < -0.4 is 5.32 Å². The minimum Gasteiger partial charge on any atom is -0.481 e. The Balaban J connectivity index is 2.01. The lowest BCUT2D eigenvalue weighted by molar-refractivity contribution is -0.137. The van der Waals surface area contributed by atoms with Crippen molar-refractivity contribution in [3.05, 3.63) is 35.9 Å². The minimum atomic E-state index is -0.842. The smallest absolute Gasteiger partial charge is 0.303 e. The van der Waals surface area contributed by atoms with E-state index < -0.39 is 5.97 Å². The van der Waals surface area contributed by atoms with Crippen LogP contribution in [0.5, 0.6) is 0 Å². The van der Waals surface area contributed by atoms with Gasteiger partial charge in [-0.2, -0.15) is 0 Å². The second-order valence-electron chi connectivity index (χ2n) is 5.65. The molecule has 2 rings (SSSR count). The number of rotatable bonds is 6. The number of hydrogen-bond donors (Lipinski definition) is 2. The molecule has 114 valence electrons. The first-order chi connectivity index (χ1) is 10.1. The predicted octanol–water partition coefficient (Wildman–Crippen LogP) is 1.66. The summed E-state index contributed by atoms with van der Waals surface area (Å²) in [7, 11) is 2.01. The van der Waals surface area contributed by atoms with Crippen LogP contribution in [0.25, 0.3) is 0 Å². The molecule has 0 bridgehead atoms. The highest BCUT2D eigenvalue weighted by Crippen LogP contribution is 2.21. The summed E-state index contributed by atoms with van der Waals surface area (Å²) < 4.78 is 0. The second kappa shape index (κ2) is 7.22. The number of nitrogens with zero attached hydrogens (tertiary/aromatic N) is 1. The van der Waals surface area contributed by atoms with Gasteiger partial charge in [-0.3, -0.25) is 9.59 Å². The third-order valence-electron chi connectivity index (χ3n) is 3.93. The van der Waals surface area contributed by atoms with Gasteiger partial charge >= 0.3 is 5.97 Å². The van der Waals surface area contributed by atoms with E-state index in [4.69, 9.17) is 5.11 Å². The van der Waals surface area contributed by atoms with Gasteiger partial charge in [0.25, 0.3) is 0 Å². The average molecular weight is 290 g/mol. The molecule has 0 aromatic heterocycles. The topological polar surface area (TPSA) is 69.6 Å². The third-order valence-corrected chi connectivity index (χ3v) is 3.93. The van der Waals surface area contributed by atoms with Crippen molar-refractivity contribution in [1.82, 2.24) is 10.2 Å². The van der Waals surface area contributed by atoms with E-state index in [9.17, 15) is 9.59 Å². The normalized spacial score (nSPS) is 20.1. The number of benzene rings is 1. The van der Waals surface area contributed by atoms with Gasteiger partial charge in [0.2, 0.25) is 5.91 Å². The summed E-state index contributed by atoms with van der Waals surface area (Å²) in [5, 5.41) is 11.9. The molecule has 5 heteroatoms. The predicted molar refractivity (Wildman–Crippen MR) is 79.8 cm³/mol. The van der Waals surface area contributed by atoms with Crippen molar-refractivity contribution in [3.8, 4) is 0 Å². The molecule has 0 spiro atoms. The lowest BCUT2D eigenvalue weighted by atomic mass is 10.00. The third kappa shape index (κ3) is 4.56. The maximum atomic E-state index is 12.3. The minimum absolute atomic E-state index is 0.00559. The van der Waals surface area contributed by atoms with Gasteiger partial charge < -0.3 is 15.3 Å². The highest BCUT2D eigenvalue weighted by atomic mass is 16.4. The molecule has 21 heavy (non-hydrogen) atoms. The Hall–Kier alpha value is -1.88. The van der Waals surface area contributed by atoms with Gasteiger partial charge in [0.1, 0.15) is 0 Å². The summed E-state index contributed by atoms with van der Waals surface area (Å²) in [6.45, 7) is 1.70. The van der Waals surface area contributed by atoms with Gasteiger partial charge in [0.05, 0.1) is 12.0 Å². The maximum absolute atomic E-state index is 12.3. The Morgan fingerprint density at radius 2 is 2.10 bits per heavy atom. The van der Waals surface area contributed by atoms with E-state index in [0.29, 0.717) is 6.42 Å². The van der Waals surface area contributed by atoms with Gasteiger partial charge in [0, 0.05) is 13.0 Å². The van der Waals surface area contributed by atoms with E-state index in [2.05, 4.69) is 10.2 Å². The van der Waals surface area contributed by atoms with E-state index in [1.54, 1.807) is 0 Å². The van der Waals surface area contributed by atoms with Crippen molar-refractivity contribution in [1.29, 1.82) is 0 Å². The molecule has 2 N–H and O–H groups in total. The molecule has 0 aliphatic carbocycles. The van der Waals surface area contributed by atoms with Crippen LogP contribution in [0.2, 0.25) is 0 Å². The fourth-order valence-corrected chi connectivity index (χ4v) is 2.71. The molecule has 1 aromatic carbocycles. The van der Waals surface area contributed by atoms with E-state index in [0.717, 1.165) is 25.1 Å². The first-order valence-corrected chi connectivity index (χ1v) is 7.32. The number of carbonyl (C=O) groups excluding carboxylic acids is 1. The first kappa shape index (κ1) is 15.5. The highest BCUT2D eigenvalue weighted by Gasteiger charge is 2.28.